The lowest BCUT2D eigenvalue weighted by molar-refractivity contribution is -0.141. The highest BCUT2D eigenvalue weighted by atomic mass is 19.1. The van der Waals surface area contributed by atoms with Gasteiger partial charge in [-0.1, -0.05) is 69.9 Å². The molecule has 3 aromatic rings. The Morgan fingerprint density at radius 1 is 0.833 bits per heavy atom. The highest BCUT2D eigenvalue weighted by Gasteiger charge is 2.21. The molecule has 0 saturated heterocycles. The minimum atomic E-state index is -0.297. The first-order chi connectivity index (χ1) is 17.5. The van der Waals surface area contributed by atoms with E-state index in [-0.39, 0.29) is 24.2 Å². The number of unbranched alkanes of at least 4 members (excludes halogenated alkanes) is 4. The highest BCUT2D eigenvalue weighted by Crippen LogP contribution is 2.19. The van der Waals surface area contributed by atoms with E-state index in [9.17, 15) is 14.0 Å². The third-order valence-electron chi connectivity index (χ3n) is 6.63. The van der Waals surface area contributed by atoms with E-state index in [0.717, 1.165) is 47.7 Å². The molecule has 6 heteroatoms. The second-order valence-electron chi connectivity index (χ2n) is 9.53. The van der Waals surface area contributed by atoms with Crippen LogP contribution >= 0.6 is 0 Å². The van der Waals surface area contributed by atoms with Gasteiger partial charge in [-0.15, -0.1) is 0 Å². The van der Waals surface area contributed by atoms with Gasteiger partial charge in [0.25, 0.3) is 0 Å². The van der Waals surface area contributed by atoms with Gasteiger partial charge >= 0.3 is 0 Å². The lowest BCUT2D eigenvalue weighted by Crippen LogP contribution is -2.43. The monoisotopic (exact) mass is 493 g/mol. The van der Waals surface area contributed by atoms with Gasteiger partial charge in [-0.25, -0.2) is 4.39 Å². The summed E-state index contributed by atoms with van der Waals surface area (Å²) in [4.78, 5) is 33.2. The van der Waals surface area contributed by atoms with Crippen molar-refractivity contribution in [3.8, 4) is 0 Å². The second kappa shape index (κ2) is 14.4. The summed E-state index contributed by atoms with van der Waals surface area (Å²) < 4.78 is 13.5. The minimum Gasteiger partial charge on any atom is -0.361 e. The lowest BCUT2D eigenvalue weighted by atomic mass is 10.1. The Morgan fingerprint density at radius 3 is 2.33 bits per heavy atom. The fraction of sp³-hybridized carbons (Fsp3) is 0.467. The third kappa shape index (κ3) is 8.21. The number of fused-ring (bicyclic) bond motifs is 1. The Balaban J connectivity index is 1.68. The summed E-state index contributed by atoms with van der Waals surface area (Å²) in [5.41, 5.74) is 3.09. The Kier molecular flexibility index (Phi) is 11.0. The van der Waals surface area contributed by atoms with Gasteiger partial charge in [-0.3, -0.25) is 9.59 Å². The molecule has 0 unspecified atom stereocenters. The van der Waals surface area contributed by atoms with Crippen LogP contribution in [0.3, 0.4) is 0 Å². The average Bonchev–Trinajstić information content (AvgIpc) is 3.30. The number of aromatic amines is 1. The number of H-pyrrole nitrogens is 1. The molecule has 0 bridgehead atoms. The Hall–Kier alpha value is -3.15. The molecule has 5 nitrogen and oxygen atoms in total. The maximum atomic E-state index is 13.5. The molecule has 0 radical (unpaired) electrons. The molecule has 0 spiro atoms. The van der Waals surface area contributed by atoms with E-state index in [4.69, 9.17) is 0 Å². The number of para-hydroxylation sites is 1. The lowest BCUT2D eigenvalue weighted by Gasteiger charge is -2.28. The molecule has 3 rings (SSSR count). The van der Waals surface area contributed by atoms with Crippen LogP contribution < -0.4 is 0 Å². The van der Waals surface area contributed by atoms with Crippen molar-refractivity contribution < 1.29 is 14.0 Å². The van der Waals surface area contributed by atoms with Gasteiger partial charge in [0.15, 0.2) is 0 Å². The summed E-state index contributed by atoms with van der Waals surface area (Å²) in [5, 5.41) is 1.15. The number of rotatable bonds is 15. The van der Waals surface area contributed by atoms with Crippen molar-refractivity contribution in [2.24, 2.45) is 0 Å². The normalized spacial score (nSPS) is 11.1. The summed E-state index contributed by atoms with van der Waals surface area (Å²) in [7, 11) is 0. The van der Waals surface area contributed by atoms with Gasteiger partial charge in [0, 0.05) is 43.2 Å². The first-order valence-electron chi connectivity index (χ1n) is 13.4. The van der Waals surface area contributed by atoms with Crippen LogP contribution in [0.15, 0.2) is 54.7 Å². The van der Waals surface area contributed by atoms with E-state index in [1.165, 1.54) is 25.0 Å². The molecule has 0 saturated carbocycles. The van der Waals surface area contributed by atoms with Crippen LogP contribution in [0, 0.1) is 5.82 Å². The van der Waals surface area contributed by atoms with Crippen molar-refractivity contribution >= 4 is 22.7 Å². The fourth-order valence-electron chi connectivity index (χ4n) is 4.56. The van der Waals surface area contributed by atoms with Crippen LogP contribution in [0.1, 0.15) is 69.9 Å². The number of halogens is 1. The maximum Gasteiger partial charge on any atom is 0.242 e. The Labute approximate surface area is 214 Å². The van der Waals surface area contributed by atoms with Gasteiger partial charge in [-0.05, 0) is 48.6 Å². The number of aromatic nitrogens is 1. The van der Waals surface area contributed by atoms with Crippen molar-refractivity contribution in [1.29, 1.82) is 0 Å². The average molecular weight is 494 g/mol. The summed E-state index contributed by atoms with van der Waals surface area (Å²) in [6.45, 7) is 5.76. The standard InChI is InChI=1S/C30H40FN3O2/c1-3-5-6-7-8-13-29(35)33(19-4-2)23-30(36)34(22-24-14-16-26(31)17-15-24)20-18-25-21-32-28-12-10-9-11-27(25)28/h9-12,14-17,21,32H,3-8,13,18-20,22-23H2,1-2H3. The molecular weight excluding hydrogens is 453 g/mol. The molecule has 2 aromatic carbocycles. The summed E-state index contributed by atoms with van der Waals surface area (Å²) >= 11 is 0. The molecule has 0 atom stereocenters. The predicted molar refractivity (Wildman–Crippen MR) is 144 cm³/mol. The molecule has 194 valence electrons. The number of hydrogen-bond acceptors (Lipinski definition) is 2. The quantitative estimate of drug-likeness (QED) is 0.246. The van der Waals surface area contributed by atoms with Gasteiger partial charge in [0.1, 0.15) is 5.82 Å². The number of nitrogens with one attached hydrogen (secondary N) is 1. The van der Waals surface area contributed by atoms with Crippen LogP contribution in [-0.4, -0.2) is 46.2 Å². The zero-order valence-corrected chi connectivity index (χ0v) is 21.8. The van der Waals surface area contributed by atoms with E-state index in [1.807, 2.05) is 31.3 Å². The minimum absolute atomic E-state index is 0.0556. The van der Waals surface area contributed by atoms with Crippen molar-refractivity contribution in [3.63, 3.8) is 0 Å². The highest BCUT2D eigenvalue weighted by molar-refractivity contribution is 5.85. The van der Waals surface area contributed by atoms with E-state index >= 15 is 0 Å². The van der Waals surface area contributed by atoms with Crippen molar-refractivity contribution in [2.75, 3.05) is 19.6 Å². The van der Waals surface area contributed by atoms with E-state index in [0.29, 0.717) is 32.5 Å². The second-order valence-corrected chi connectivity index (χ2v) is 9.53. The molecule has 2 amide bonds. The van der Waals surface area contributed by atoms with Crippen molar-refractivity contribution in [1.82, 2.24) is 14.8 Å². The number of hydrogen-bond donors (Lipinski definition) is 1. The first-order valence-corrected chi connectivity index (χ1v) is 13.4. The maximum absolute atomic E-state index is 13.5. The summed E-state index contributed by atoms with van der Waals surface area (Å²) in [5.74, 6) is -0.318. The smallest absolute Gasteiger partial charge is 0.242 e. The topological polar surface area (TPSA) is 56.4 Å². The zero-order valence-electron chi connectivity index (χ0n) is 21.8. The molecule has 36 heavy (non-hydrogen) atoms. The fourth-order valence-corrected chi connectivity index (χ4v) is 4.56. The zero-order chi connectivity index (χ0) is 25.8. The number of carbonyl (C=O) groups excluding carboxylic acids is 2. The van der Waals surface area contributed by atoms with Gasteiger partial charge in [0.2, 0.25) is 11.8 Å². The van der Waals surface area contributed by atoms with Crippen LogP contribution in [0.4, 0.5) is 4.39 Å². The van der Waals surface area contributed by atoms with Crippen molar-refractivity contribution in [2.45, 2.75) is 71.8 Å². The molecular formula is C30H40FN3O2. The molecule has 1 aromatic heterocycles. The van der Waals surface area contributed by atoms with Crippen LogP contribution in [-0.2, 0) is 22.6 Å². The molecule has 0 fully saturated rings. The molecule has 0 aliphatic carbocycles. The summed E-state index contributed by atoms with van der Waals surface area (Å²) in [6, 6.07) is 14.4. The van der Waals surface area contributed by atoms with Gasteiger partial charge < -0.3 is 14.8 Å². The summed E-state index contributed by atoms with van der Waals surface area (Å²) in [6.07, 6.45) is 9.42. The van der Waals surface area contributed by atoms with Crippen LogP contribution in [0.25, 0.3) is 10.9 Å². The number of carbonyl (C=O) groups is 2. The van der Waals surface area contributed by atoms with Crippen LogP contribution in [0.2, 0.25) is 0 Å². The van der Waals surface area contributed by atoms with Gasteiger partial charge in [-0.2, -0.15) is 0 Å². The van der Waals surface area contributed by atoms with E-state index in [2.05, 4.69) is 18.0 Å². The molecule has 0 aliphatic heterocycles. The Morgan fingerprint density at radius 2 is 1.58 bits per heavy atom. The SMILES string of the molecule is CCCCCCCC(=O)N(CCC)CC(=O)N(CCc1c[nH]c2ccccc12)Cc1ccc(F)cc1. The Bertz CT molecular complexity index is 1090. The molecule has 0 aliphatic rings. The molecule has 1 heterocycles. The number of benzene rings is 2. The predicted octanol–water partition coefficient (Wildman–Crippen LogP) is 6.48. The number of nitrogens with zero attached hydrogens (tertiary/aromatic N) is 2. The largest absolute Gasteiger partial charge is 0.361 e. The van der Waals surface area contributed by atoms with E-state index in [1.54, 1.807) is 21.9 Å². The first kappa shape index (κ1) is 27.4. The number of amides is 2. The van der Waals surface area contributed by atoms with Crippen molar-refractivity contribution in [3.05, 3.63) is 71.7 Å². The third-order valence-corrected chi connectivity index (χ3v) is 6.63. The molecule has 1 N–H and O–H groups in total. The van der Waals surface area contributed by atoms with Gasteiger partial charge in [0.05, 0.1) is 6.54 Å². The van der Waals surface area contributed by atoms with E-state index < -0.39 is 0 Å². The van der Waals surface area contributed by atoms with Crippen LogP contribution in [0.5, 0.6) is 0 Å².